The largest absolute Gasteiger partial charge is 0.416 e. The van der Waals surface area contributed by atoms with Crippen molar-refractivity contribution in [2.24, 2.45) is 0 Å². The molecule has 78 valence electrons. The van der Waals surface area contributed by atoms with Crippen LogP contribution in [0, 0.1) is 6.92 Å². The van der Waals surface area contributed by atoms with Crippen LogP contribution in [0.25, 0.3) is 11.3 Å². The van der Waals surface area contributed by atoms with E-state index >= 15 is 0 Å². The van der Waals surface area contributed by atoms with Gasteiger partial charge in [0.1, 0.15) is 5.76 Å². The van der Waals surface area contributed by atoms with Gasteiger partial charge in [-0.25, -0.2) is 4.79 Å². The third-order valence-electron chi connectivity index (χ3n) is 2.35. The third kappa shape index (κ3) is 1.86. The number of rotatable bonds is 2. The molecule has 0 bridgehead atoms. The molecule has 0 spiro atoms. The van der Waals surface area contributed by atoms with Gasteiger partial charge in [-0.1, -0.05) is 30.7 Å². The molecule has 0 saturated heterocycles. The predicted molar refractivity (Wildman–Crippen MR) is 58.9 cm³/mol. The lowest BCUT2D eigenvalue weighted by atomic mass is 10.1. The van der Waals surface area contributed by atoms with Crippen LogP contribution in [0.15, 0.2) is 33.5 Å². The molecular formula is C12H13NO2. The minimum atomic E-state index is -0.386. The van der Waals surface area contributed by atoms with E-state index in [0.717, 1.165) is 16.8 Å². The molecule has 0 fully saturated rings. The lowest BCUT2D eigenvalue weighted by Gasteiger charge is -2.00. The molecule has 15 heavy (non-hydrogen) atoms. The number of benzene rings is 1. The molecule has 0 radical (unpaired) electrons. The molecule has 1 heterocycles. The fourth-order valence-electron chi connectivity index (χ4n) is 1.64. The van der Waals surface area contributed by atoms with Gasteiger partial charge in [-0.05, 0) is 13.0 Å². The van der Waals surface area contributed by atoms with Crippen LogP contribution in [0.1, 0.15) is 18.2 Å². The second-order valence-corrected chi connectivity index (χ2v) is 3.54. The molecule has 0 aliphatic heterocycles. The molecule has 1 aromatic heterocycles. The van der Waals surface area contributed by atoms with E-state index in [9.17, 15) is 4.79 Å². The zero-order valence-corrected chi connectivity index (χ0v) is 8.83. The summed E-state index contributed by atoms with van der Waals surface area (Å²) in [4.78, 5) is 13.8. The maximum atomic E-state index is 11.1. The predicted octanol–water partition coefficient (Wildman–Crippen LogP) is 2.51. The smallest absolute Gasteiger partial charge is 0.412 e. The van der Waals surface area contributed by atoms with E-state index in [1.165, 1.54) is 0 Å². The number of oxazole rings is 1. The monoisotopic (exact) mass is 203 g/mol. The molecular weight excluding hydrogens is 190 g/mol. The van der Waals surface area contributed by atoms with Crippen LogP contribution in [0.5, 0.6) is 0 Å². The second-order valence-electron chi connectivity index (χ2n) is 3.54. The first-order valence-corrected chi connectivity index (χ1v) is 4.99. The Morgan fingerprint density at radius 3 is 2.87 bits per heavy atom. The van der Waals surface area contributed by atoms with Crippen molar-refractivity contribution in [3.05, 3.63) is 46.1 Å². The number of aromatic amines is 1. The number of nitrogens with one attached hydrogen (secondary N) is 1. The van der Waals surface area contributed by atoms with Crippen LogP contribution < -0.4 is 5.76 Å². The molecule has 2 aromatic rings. The normalized spacial score (nSPS) is 10.5. The van der Waals surface area contributed by atoms with Crippen molar-refractivity contribution in [1.82, 2.24) is 4.98 Å². The maximum Gasteiger partial charge on any atom is 0.416 e. The van der Waals surface area contributed by atoms with Crippen LogP contribution >= 0.6 is 0 Å². The third-order valence-corrected chi connectivity index (χ3v) is 2.35. The van der Waals surface area contributed by atoms with Crippen LogP contribution in [0.2, 0.25) is 0 Å². The van der Waals surface area contributed by atoms with Crippen molar-refractivity contribution in [1.29, 1.82) is 0 Å². The summed E-state index contributed by atoms with van der Waals surface area (Å²) in [5.41, 5.74) is 2.96. The van der Waals surface area contributed by atoms with Gasteiger partial charge in [-0.15, -0.1) is 0 Å². The number of aromatic nitrogens is 1. The van der Waals surface area contributed by atoms with E-state index in [1.54, 1.807) is 0 Å². The highest BCUT2D eigenvalue weighted by Crippen LogP contribution is 2.21. The van der Waals surface area contributed by atoms with Crippen LogP contribution in [-0.2, 0) is 6.42 Å². The molecule has 0 atom stereocenters. The minimum Gasteiger partial charge on any atom is -0.412 e. The van der Waals surface area contributed by atoms with Crippen molar-refractivity contribution in [2.45, 2.75) is 20.3 Å². The van der Waals surface area contributed by atoms with Gasteiger partial charge in [0.25, 0.3) is 0 Å². The van der Waals surface area contributed by atoms with E-state index < -0.39 is 0 Å². The molecule has 3 nitrogen and oxygen atoms in total. The van der Waals surface area contributed by atoms with Crippen LogP contribution in [-0.4, -0.2) is 4.98 Å². The first kappa shape index (κ1) is 9.77. The summed E-state index contributed by atoms with van der Waals surface area (Å²) in [5.74, 6) is 0.328. The standard InChI is InChI=1S/C12H13NO2/c1-3-10-11(13-12(14)15-10)9-6-4-5-8(2)7-9/h4-7H,3H2,1-2H3,(H,13,14). The van der Waals surface area contributed by atoms with E-state index in [1.807, 2.05) is 38.1 Å². The average Bonchev–Trinajstić information content (AvgIpc) is 2.59. The minimum absolute atomic E-state index is 0.386. The lowest BCUT2D eigenvalue weighted by Crippen LogP contribution is -1.94. The van der Waals surface area contributed by atoms with E-state index in [-0.39, 0.29) is 5.76 Å². The molecule has 0 unspecified atom stereocenters. The Labute approximate surface area is 87.8 Å². The van der Waals surface area contributed by atoms with Gasteiger partial charge < -0.3 is 4.42 Å². The Morgan fingerprint density at radius 1 is 1.40 bits per heavy atom. The number of aryl methyl sites for hydroxylation is 2. The summed E-state index contributed by atoms with van der Waals surface area (Å²) in [6.07, 6.45) is 0.710. The number of H-pyrrole nitrogens is 1. The van der Waals surface area contributed by atoms with Gasteiger partial charge in [-0.2, -0.15) is 0 Å². The first-order valence-electron chi connectivity index (χ1n) is 4.99. The van der Waals surface area contributed by atoms with Gasteiger partial charge in [-0.3, -0.25) is 4.98 Å². The molecule has 1 aromatic carbocycles. The van der Waals surface area contributed by atoms with Gasteiger partial charge in [0.15, 0.2) is 0 Å². The van der Waals surface area contributed by atoms with E-state index in [2.05, 4.69) is 4.98 Å². The van der Waals surface area contributed by atoms with Gasteiger partial charge in [0, 0.05) is 12.0 Å². The summed E-state index contributed by atoms with van der Waals surface area (Å²) in [6, 6.07) is 7.98. The zero-order chi connectivity index (χ0) is 10.8. The summed E-state index contributed by atoms with van der Waals surface area (Å²) in [5, 5.41) is 0. The second kappa shape index (κ2) is 3.77. The van der Waals surface area contributed by atoms with Crippen molar-refractivity contribution in [2.75, 3.05) is 0 Å². The molecule has 2 rings (SSSR count). The molecule has 3 heteroatoms. The molecule has 0 aliphatic rings. The molecule has 0 amide bonds. The van der Waals surface area contributed by atoms with Gasteiger partial charge in [0.2, 0.25) is 0 Å². The van der Waals surface area contributed by atoms with Crippen LogP contribution in [0.3, 0.4) is 0 Å². The first-order chi connectivity index (χ1) is 7.20. The SMILES string of the molecule is CCc1oc(=O)[nH]c1-c1cccc(C)c1. The Kier molecular flexibility index (Phi) is 2.46. The molecule has 0 saturated carbocycles. The van der Waals surface area contributed by atoms with E-state index in [0.29, 0.717) is 12.2 Å². The lowest BCUT2D eigenvalue weighted by molar-refractivity contribution is 0.474. The van der Waals surface area contributed by atoms with Crippen molar-refractivity contribution >= 4 is 0 Å². The number of hydrogen-bond acceptors (Lipinski definition) is 2. The Morgan fingerprint density at radius 2 is 2.20 bits per heavy atom. The number of hydrogen-bond donors (Lipinski definition) is 1. The topological polar surface area (TPSA) is 46.0 Å². The van der Waals surface area contributed by atoms with Gasteiger partial charge >= 0.3 is 5.76 Å². The summed E-state index contributed by atoms with van der Waals surface area (Å²) >= 11 is 0. The fraction of sp³-hybridized carbons (Fsp3) is 0.250. The Hall–Kier alpha value is -1.77. The fourth-order valence-corrected chi connectivity index (χ4v) is 1.64. The highest BCUT2D eigenvalue weighted by atomic mass is 16.4. The highest BCUT2D eigenvalue weighted by Gasteiger charge is 2.09. The summed E-state index contributed by atoms with van der Waals surface area (Å²) in [7, 11) is 0. The summed E-state index contributed by atoms with van der Waals surface area (Å²) < 4.78 is 5.05. The zero-order valence-electron chi connectivity index (χ0n) is 8.83. The van der Waals surface area contributed by atoms with Crippen molar-refractivity contribution < 1.29 is 4.42 Å². The van der Waals surface area contributed by atoms with Crippen LogP contribution in [0.4, 0.5) is 0 Å². The van der Waals surface area contributed by atoms with Crippen molar-refractivity contribution in [3.8, 4) is 11.3 Å². The van der Waals surface area contributed by atoms with Crippen molar-refractivity contribution in [3.63, 3.8) is 0 Å². The molecule has 0 aliphatic carbocycles. The Balaban J connectivity index is 2.57. The summed E-state index contributed by atoms with van der Waals surface area (Å²) in [6.45, 7) is 3.98. The van der Waals surface area contributed by atoms with E-state index in [4.69, 9.17) is 4.42 Å². The highest BCUT2D eigenvalue weighted by molar-refractivity contribution is 5.61. The Bertz CT molecular complexity index is 522. The quantitative estimate of drug-likeness (QED) is 0.815. The average molecular weight is 203 g/mol. The molecule has 1 N–H and O–H groups in total. The maximum absolute atomic E-state index is 11.1. The van der Waals surface area contributed by atoms with Gasteiger partial charge in [0.05, 0.1) is 5.69 Å².